The molecule has 4 aromatic rings. The lowest BCUT2D eigenvalue weighted by molar-refractivity contribution is 0.341. The van der Waals surface area contributed by atoms with E-state index in [-0.39, 0.29) is 28.2 Å². The molecule has 0 bridgehead atoms. The van der Waals surface area contributed by atoms with Gasteiger partial charge in [-0.05, 0) is 30.7 Å². The highest BCUT2D eigenvalue weighted by Gasteiger charge is 2.26. The van der Waals surface area contributed by atoms with Crippen molar-refractivity contribution in [3.8, 4) is 17.1 Å². The van der Waals surface area contributed by atoms with Crippen LogP contribution in [0.5, 0.6) is 5.75 Å². The van der Waals surface area contributed by atoms with Crippen LogP contribution in [0, 0.1) is 0 Å². The topological polar surface area (TPSA) is 119 Å². The van der Waals surface area contributed by atoms with Gasteiger partial charge in [0.1, 0.15) is 17.1 Å². The number of H-pyrrole nitrogens is 1. The van der Waals surface area contributed by atoms with Crippen molar-refractivity contribution in [2.45, 2.75) is 44.6 Å². The molecule has 2 heterocycles. The predicted molar refractivity (Wildman–Crippen MR) is 135 cm³/mol. The SMILES string of the molecule is CCOc1ccc(S(=O)(=O)NCc2ccccc2)cc1-c1nc2c(C(C)(C)C)nn(C)c2c(=O)[nH]1. The van der Waals surface area contributed by atoms with Gasteiger partial charge in [0.15, 0.2) is 5.52 Å². The summed E-state index contributed by atoms with van der Waals surface area (Å²) in [4.78, 5) is 20.6. The number of benzene rings is 2. The second kappa shape index (κ2) is 9.27. The summed E-state index contributed by atoms with van der Waals surface area (Å²) in [6, 6.07) is 13.8. The van der Waals surface area contributed by atoms with Gasteiger partial charge in [0.25, 0.3) is 5.56 Å². The van der Waals surface area contributed by atoms with Gasteiger partial charge in [-0.2, -0.15) is 5.10 Å². The first-order valence-electron chi connectivity index (χ1n) is 11.3. The number of hydrogen-bond acceptors (Lipinski definition) is 6. The molecular weight excluding hydrogens is 466 g/mol. The van der Waals surface area contributed by atoms with Gasteiger partial charge in [-0.25, -0.2) is 18.1 Å². The summed E-state index contributed by atoms with van der Waals surface area (Å²) in [5.74, 6) is 0.628. The number of aromatic nitrogens is 4. The molecule has 4 rings (SSSR count). The fourth-order valence-corrected chi connectivity index (χ4v) is 4.86. The number of rotatable bonds is 7. The van der Waals surface area contributed by atoms with E-state index in [9.17, 15) is 13.2 Å². The number of nitrogens with zero attached hydrogens (tertiary/aromatic N) is 3. The zero-order valence-electron chi connectivity index (χ0n) is 20.4. The van der Waals surface area contributed by atoms with Crippen molar-refractivity contribution < 1.29 is 13.2 Å². The molecule has 2 aromatic carbocycles. The molecule has 2 aromatic heterocycles. The van der Waals surface area contributed by atoms with E-state index in [0.717, 1.165) is 5.56 Å². The highest BCUT2D eigenvalue weighted by molar-refractivity contribution is 7.89. The van der Waals surface area contributed by atoms with Crippen LogP contribution in [0.1, 0.15) is 39.0 Å². The van der Waals surface area contributed by atoms with Crippen molar-refractivity contribution in [2.75, 3.05) is 6.61 Å². The molecule has 0 aliphatic heterocycles. The highest BCUT2D eigenvalue weighted by atomic mass is 32.2. The van der Waals surface area contributed by atoms with Crippen LogP contribution in [0.2, 0.25) is 0 Å². The van der Waals surface area contributed by atoms with Gasteiger partial charge in [0.05, 0.1) is 22.8 Å². The zero-order chi connectivity index (χ0) is 25.4. The number of aryl methyl sites for hydroxylation is 1. The number of aromatic amines is 1. The third-order valence-corrected chi connectivity index (χ3v) is 6.93. The average molecular weight is 496 g/mol. The van der Waals surface area contributed by atoms with Crippen molar-refractivity contribution in [2.24, 2.45) is 7.05 Å². The maximum Gasteiger partial charge on any atom is 0.277 e. The molecule has 0 radical (unpaired) electrons. The molecule has 184 valence electrons. The second-order valence-electron chi connectivity index (χ2n) is 9.24. The summed E-state index contributed by atoms with van der Waals surface area (Å²) in [6.45, 7) is 8.32. The minimum Gasteiger partial charge on any atom is -0.493 e. The van der Waals surface area contributed by atoms with Crippen LogP contribution in [0.15, 0.2) is 58.2 Å². The number of sulfonamides is 1. The second-order valence-corrected chi connectivity index (χ2v) is 11.0. The Kier molecular flexibility index (Phi) is 6.52. The Morgan fingerprint density at radius 1 is 1.11 bits per heavy atom. The minimum atomic E-state index is -3.84. The summed E-state index contributed by atoms with van der Waals surface area (Å²) in [6.07, 6.45) is 0. The summed E-state index contributed by atoms with van der Waals surface area (Å²) in [5.41, 5.74) is 1.98. The van der Waals surface area contributed by atoms with Gasteiger partial charge >= 0.3 is 0 Å². The first kappa shape index (κ1) is 24.6. The Morgan fingerprint density at radius 3 is 2.49 bits per heavy atom. The summed E-state index contributed by atoms with van der Waals surface area (Å²) in [7, 11) is -2.14. The third kappa shape index (κ3) is 4.98. The van der Waals surface area contributed by atoms with Crippen LogP contribution in [0.25, 0.3) is 22.4 Å². The maximum atomic E-state index is 13.1. The van der Waals surface area contributed by atoms with Crippen molar-refractivity contribution in [1.29, 1.82) is 0 Å². The van der Waals surface area contributed by atoms with Gasteiger partial charge in [-0.3, -0.25) is 9.48 Å². The fourth-order valence-electron chi connectivity index (χ4n) is 3.81. The normalized spacial score (nSPS) is 12.3. The molecule has 10 heteroatoms. The van der Waals surface area contributed by atoms with Crippen molar-refractivity contribution in [1.82, 2.24) is 24.5 Å². The Morgan fingerprint density at radius 2 is 1.83 bits per heavy atom. The van der Waals surface area contributed by atoms with E-state index in [0.29, 0.717) is 34.6 Å². The van der Waals surface area contributed by atoms with Crippen LogP contribution in [0.4, 0.5) is 0 Å². The van der Waals surface area contributed by atoms with Crippen LogP contribution < -0.4 is 15.0 Å². The molecule has 0 unspecified atom stereocenters. The molecule has 0 atom stereocenters. The Hall–Kier alpha value is -3.50. The van der Waals surface area contributed by atoms with Gasteiger partial charge in [0.2, 0.25) is 10.0 Å². The van der Waals surface area contributed by atoms with Gasteiger partial charge in [0, 0.05) is 19.0 Å². The van der Waals surface area contributed by atoms with E-state index in [2.05, 4.69) is 14.8 Å². The summed E-state index contributed by atoms with van der Waals surface area (Å²) in [5, 5.41) is 4.52. The number of hydrogen-bond donors (Lipinski definition) is 2. The van der Waals surface area contributed by atoms with Gasteiger partial charge in [-0.1, -0.05) is 51.1 Å². The molecule has 0 spiro atoms. The molecule has 2 N–H and O–H groups in total. The summed E-state index contributed by atoms with van der Waals surface area (Å²) < 4.78 is 36.0. The zero-order valence-corrected chi connectivity index (χ0v) is 21.2. The number of ether oxygens (including phenoxy) is 1. The lowest BCUT2D eigenvalue weighted by Gasteiger charge is -2.15. The predicted octanol–water partition coefficient (Wildman–Crippen LogP) is 3.50. The Labute approximate surface area is 204 Å². The standard InChI is InChI=1S/C25H29N5O4S/c1-6-34-19-13-12-17(35(32,33)26-15-16-10-8-7-9-11-16)14-18(19)23-27-20-21(24(31)28-23)30(5)29-22(20)25(2,3)4/h7-14,26H,6,15H2,1-5H3,(H,27,28,31). The molecule has 0 aliphatic rings. The van der Waals surface area contributed by atoms with E-state index >= 15 is 0 Å². The monoisotopic (exact) mass is 495 g/mol. The van der Waals surface area contributed by atoms with Crippen LogP contribution in [-0.4, -0.2) is 34.8 Å². The Bertz CT molecular complexity index is 1530. The molecule has 35 heavy (non-hydrogen) atoms. The molecule has 0 saturated heterocycles. The first-order chi connectivity index (χ1) is 16.5. The molecule has 9 nitrogen and oxygen atoms in total. The lowest BCUT2D eigenvalue weighted by Crippen LogP contribution is -2.23. The largest absolute Gasteiger partial charge is 0.493 e. The molecule has 0 amide bonds. The van der Waals surface area contributed by atoms with E-state index in [1.165, 1.54) is 16.8 Å². The average Bonchev–Trinajstić information content (AvgIpc) is 3.16. The maximum absolute atomic E-state index is 13.1. The smallest absolute Gasteiger partial charge is 0.277 e. The van der Waals surface area contributed by atoms with Gasteiger partial charge in [-0.15, -0.1) is 0 Å². The van der Waals surface area contributed by atoms with Gasteiger partial charge < -0.3 is 9.72 Å². The molecule has 0 fully saturated rings. The lowest BCUT2D eigenvalue weighted by atomic mass is 9.91. The van der Waals surface area contributed by atoms with E-state index in [1.54, 1.807) is 13.1 Å². The van der Waals surface area contributed by atoms with Crippen molar-refractivity contribution >= 4 is 21.1 Å². The van der Waals surface area contributed by atoms with Crippen LogP contribution in [0.3, 0.4) is 0 Å². The number of nitrogens with one attached hydrogen (secondary N) is 2. The van der Waals surface area contributed by atoms with Crippen molar-refractivity contribution in [3.05, 3.63) is 70.1 Å². The fraction of sp³-hybridized carbons (Fsp3) is 0.320. The van der Waals surface area contributed by atoms with Crippen LogP contribution >= 0.6 is 0 Å². The van der Waals surface area contributed by atoms with Crippen molar-refractivity contribution in [3.63, 3.8) is 0 Å². The van der Waals surface area contributed by atoms with E-state index < -0.39 is 10.0 Å². The quantitative estimate of drug-likeness (QED) is 0.405. The van der Waals surface area contributed by atoms with E-state index in [1.807, 2.05) is 58.0 Å². The minimum absolute atomic E-state index is 0.0388. The van der Waals surface area contributed by atoms with Crippen LogP contribution in [-0.2, 0) is 29.0 Å². The number of fused-ring (bicyclic) bond motifs is 1. The Balaban J connectivity index is 1.83. The van der Waals surface area contributed by atoms with E-state index in [4.69, 9.17) is 9.72 Å². The first-order valence-corrected chi connectivity index (χ1v) is 12.8. The molecular formula is C25H29N5O4S. The third-order valence-electron chi connectivity index (χ3n) is 5.53. The highest BCUT2D eigenvalue weighted by Crippen LogP contribution is 2.32. The summed E-state index contributed by atoms with van der Waals surface area (Å²) >= 11 is 0. The molecule has 0 aliphatic carbocycles. The molecule has 0 saturated carbocycles.